The molecule has 3 aromatic rings. The zero-order chi connectivity index (χ0) is 24.2. The molecule has 3 amide bonds. The molecule has 178 valence electrons. The Balaban J connectivity index is 1.41. The van der Waals surface area contributed by atoms with Gasteiger partial charge in [0.15, 0.2) is 5.01 Å². The molecule has 0 radical (unpaired) electrons. The lowest BCUT2D eigenvalue weighted by atomic mass is 9.96. The van der Waals surface area contributed by atoms with Crippen LogP contribution < -0.4 is 20.7 Å². The second-order valence-electron chi connectivity index (χ2n) is 7.76. The summed E-state index contributed by atoms with van der Waals surface area (Å²) in [4.78, 5) is 57.1. The Kier molecular flexibility index (Phi) is 7.13. The second-order valence-corrected chi connectivity index (χ2v) is 9.00. The van der Waals surface area contributed by atoms with Gasteiger partial charge in [0.1, 0.15) is 16.6 Å². The topological polar surface area (TPSA) is 142 Å². The van der Waals surface area contributed by atoms with Crippen LogP contribution >= 0.6 is 22.9 Å². The Bertz CT molecular complexity index is 1260. The Morgan fingerprint density at radius 3 is 2.85 bits per heavy atom. The number of fused-ring (bicyclic) bond motifs is 1. The molecule has 0 spiro atoms. The molecule has 1 fully saturated rings. The molecule has 2 unspecified atom stereocenters. The summed E-state index contributed by atoms with van der Waals surface area (Å²) in [6.45, 7) is 0.164. The second kappa shape index (κ2) is 10.2. The number of ether oxygens (including phenoxy) is 1. The zero-order valence-corrected chi connectivity index (χ0v) is 19.7. The van der Waals surface area contributed by atoms with Gasteiger partial charge in [-0.15, -0.1) is 11.3 Å². The van der Waals surface area contributed by atoms with Gasteiger partial charge < -0.3 is 25.7 Å². The first-order chi connectivity index (χ1) is 16.4. The van der Waals surface area contributed by atoms with E-state index in [0.717, 1.165) is 22.2 Å². The fraction of sp³-hybridized carbons (Fsp3) is 0.318. The molecule has 2 aromatic heterocycles. The minimum atomic E-state index is -0.974. The number of aromatic nitrogens is 2. The molecule has 0 bridgehead atoms. The third-order valence-corrected chi connectivity index (χ3v) is 6.70. The lowest BCUT2D eigenvalue weighted by molar-refractivity contribution is -0.124. The van der Waals surface area contributed by atoms with Gasteiger partial charge in [-0.1, -0.05) is 17.7 Å². The Hall–Kier alpha value is -3.44. The number of thiazole rings is 1. The van der Waals surface area contributed by atoms with Crippen molar-refractivity contribution in [1.82, 2.24) is 25.9 Å². The van der Waals surface area contributed by atoms with Crippen molar-refractivity contribution >= 4 is 57.3 Å². The minimum Gasteiger partial charge on any atom is -0.496 e. The van der Waals surface area contributed by atoms with Crippen molar-refractivity contribution in [3.63, 3.8) is 0 Å². The zero-order valence-electron chi connectivity index (χ0n) is 18.1. The van der Waals surface area contributed by atoms with Gasteiger partial charge in [0.25, 0.3) is 5.91 Å². The standard InChI is InChI=1S/C22H22ClN5O5S/c1-33-16-4-2-3-13-12(16)8-15(26-13)21(32)25-9-18(29)27-14(7-11-5-6-24-20(11)31)19(30)22-28-17(23)10-34-22/h2-4,8,10-11,14,26H,5-7,9H2,1H3,(H,24,31)(H,25,32)(H,27,29). The number of halogens is 1. The quantitative estimate of drug-likeness (QED) is 0.328. The average molecular weight is 504 g/mol. The number of nitrogens with one attached hydrogen (secondary N) is 4. The van der Waals surface area contributed by atoms with Crippen molar-refractivity contribution in [2.45, 2.75) is 18.9 Å². The maximum absolute atomic E-state index is 12.9. The Morgan fingerprint density at radius 2 is 2.18 bits per heavy atom. The van der Waals surface area contributed by atoms with E-state index in [9.17, 15) is 19.2 Å². The van der Waals surface area contributed by atoms with E-state index in [2.05, 4.69) is 25.9 Å². The molecular weight excluding hydrogens is 482 g/mol. The molecule has 4 N–H and O–H groups in total. The first-order valence-corrected chi connectivity index (χ1v) is 11.8. The summed E-state index contributed by atoms with van der Waals surface area (Å²) in [7, 11) is 1.54. The van der Waals surface area contributed by atoms with Gasteiger partial charge in [-0.05, 0) is 31.0 Å². The van der Waals surface area contributed by atoms with Gasteiger partial charge in [-0.3, -0.25) is 19.2 Å². The number of methoxy groups -OCH3 is 1. The van der Waals surface area contributed by atoms with E-state index in [1.54, 1.807) is 25.3 Å². The van der Waals surface area contributed by atoms with E-state index in [4.69, 9.17) is 16.3 Å². The number of nitrogens with zero attached hydrogens (tertiary/aromatic N) is 1. The van der Waals surface area contributed by atoms with E-state index < -0.39 is 29.6 Å². The molecule has 2 atom stereocenters. The number of rotatable bonds is 9. The van der Waals surface area contributed by atoms with E-state index in [1.807, 2.05) is 6.07 Å². The predicted molar refractivity (Wildman–Crippen MR) is 126 cm³/mol. The van der Waals surface area contributed by atoms with Crippen LogP contribution in [0, 0.1) is 5.92 Å². The lowest BCUT2D eigenvalue weighted by Crippen LogP contribution is -2.46. The fourth-order valence-electron chi connectivity index (χ4n) is 3.83. The molecule has 10 nitrogen and oxygen atoms in total. The van der Waals surface area contributed by atoms with E-state index in [1.165, 1.54) is 5.38 Å². The van der Waals surface area contributed by atoms with E-state index in [0.29, 0.717) is 18.7 Å². The number of amides is 3. The molecule has 1 aliphatic heterocycles. The summed E-state index contributed by atoms with van der Waals surface area (Å²) in [6.07, 6.45) is 0.695. The largest absolute Gasteiger partial charge is 0.496 e. The third kappa shape index (κ3) is 5.20. The van der Waals surface area contributed by atoms with Gasteiger partial charge in [0, 0.05) is 28.7 Å². The van der Waals surface area contributed by atoms with Crippen molar-refractivity contribution < 1.29 is 23.9 Å². The third-order valence-electron chi connectivity index (χ3n) is 5.52. The number of aromatic amines is 1. The first-order valence-electron chi connectivity index (χ1n) is 10.5. The molecule has 4 rings (SSSR count). The summed E-state index contributed by atoms with van der Waals surface area (Å²) in [5.74, 6) is -1.43. The van der Waals surface area contributed by atoms with Crippen LogP contribution in [0.2, 0.25) is 5.15 Å². The lowest BCUT2D eigenvalue weighted by Gasteiger charge is -2.19. The summed E-state index contributed by atoms with van der Waals surface area (Å²) in [5.41, 5.74) is 0.983. The smallest absolute Gasteiger partial charge is 0.268 e. The van der Waals surface area contributed by atoms with Crippen LogP contribution in [0.15, 0.2) is 29.6 Å². The van der Waals surface area contributed by atoms with Crippen molar-refractivity contribution in [3.05, 3.63) is 45.5 Å². The van der Waals surface area contributed by atoms with Crippen molar-refractivity contribution in [3.8, 4) is 5.75 Å². The van der Waals surface area contributed by atoms with Crippen molar-refractivity contribution in [2.24, 2.45) is 5.92 Å². The normalized spacial score (nSPS) is 16.2. The number of hydrogen-bond acceptors (Lipinski definition) is 7. The van der Waals surface area contributed by atoms with E-state index in [-0.39, 0.29) is 34.7 Å². The highest BCUT2D eigenvalue weighted by Gasteiger charge is 2.33. The number of carbonyl (C=O) groups excluding carboxylic acids is 4. The molecule has 1 saturated heterocycles. The molecule has 1 aliphatic rings. The molecule has 12 heteroatoms. The van der Waals surface area contributed by atoms with Crippen LogP contribution in [-0.4, -0.2) is 59.7 Å². The maximum atomic E-state index is 12.9. The van der Waals surface area contributed by atoms with Crippen LogP contribution in [0.1, 0.15) is 33.1 Å². The summed E-state index contributed by atoms with van der Waals surface area (Å²) < 4.78 is 5.30. The monoisotopic (exact) mass is 503 g/mol. The predicted octanol–water partition coefficient (Wildman–Crippen LogP) is 1.91. The van der Waals surface area contributed by atoms with Gasteiger partial charge in [-0.25, -0.2) is 4.98 Å². The van der Waals surface area contributed by atoms with Crippen molar-refractivity contribution in [1.29, 1.82) is 0 Å². The highest BCUT2D eigenvalue weighted by Crippen LogP contribution is 2.26. The van der Waals surface area contributed by atoms with Crippen LogP contribution in [0.4, 0.5) is 0 Å². The molecule has 0 saturated carbocycles. The van der Waals surface area contributed by atoms with Gasteiger partial charge >= 0.3 is 0 Å². The number of hydrogen-bond donors (Lipinski definition) is 4. The number of benzene rings is 1. The summed E-state index contributed by atoms with van der Waals surface area (Å²) in [5, 5.41) is 10.5. The van der Waals surface area contributed by atoms with Gasteiger partial charge in [-0.2, -0.15) is 0 Å². The van der Waals surface area contributed by atoms with Crippen molar-refractivity contribution in [2.75, 3.05) is 20.2 Å². The van der Waals surface area contributed by atoms with Gasteiger partial charge in [0.05, 0.1) is 19.7 Å². The van der Waals surface area contributed by atoms with Crippen LogP contribution in [0.3, 0.4) is 0 Å². The Morgan fingerprint density at radius 1 is 1.35 bits per heavy atom. The van der Waals surface area contributed by atoms with Crippen LogP contribution in [-0.2, 0) is 9.59 Å². The van der Waals surface area contributed by atoms with Crippen LogP contribution in [0.5, 0.6) is 5.75 Å². The minimum absolute atomic E-state index is 0.128. The number of ketones is 1. The van der Waals surface area contributed by atoms with Gasteiger partial charge in [0.2, 0.25) is 17.6 Å². The molecule has 0 aliphatic carbocycles. The highest BCUT2D eigenvalue weighted by molar-refractivity contribution is 7.12. The Labute approximate surface area is 203 Å². The number of carbonyl (C=O) groups is 4. The molecule has 1 aromatic carbocycles. The first kappa shape index (κ1) is 23.7. The number of H-pyrrole nitrogens is 1. The molecular formula is C22H22ClN5O5S. The molecule has 34 heavy (non-hydrogen) atoms. The fourth-order valence-corrected chi connectivity index (χ4v) is 4.77. The SMILES string of the molecule is COc1cccc2[nH]c(C(=O)NCC(=O)NC(CC3CCNC3=O)C(=O)c3nc(Cl)cs3)cc12. The summed E-state index contributed by atoms with van der Waals surface area (Å²) in [6, 6.07) is 6.05. The summed E-state index contributed by atoms with van der Waals surface area (Å²) >= 11 is 6.90. The maximum Gasteiger partial charge on any atom is 0.268 e. The number of Topliss-reactive ketones (excluding diaryl/α,β-unsaturated/α-hetero) is 1. The average Bonchev–Trinajstić information content (AvgIpc) is 3.56. The highest BCUT2D eigenvalue weighted by atomic mass is 35.5. The van der Waals surface area contributed by atoms with Crippen LogP contribution in [0.25, 0.3) is 10.9 Å². The molecule has 3 heterocycles. The van der Waals surface area contributed by atoms with E-state index >= 15 is 0 Å².